The molecule has 2 atom stereocenters. The quantitative estimate of drug-likeness (QED) is 0.663. The fourth-order valence-electron chi connectivity index (χ4n) is 3.30. The third kappa shape index (κ3) is 3.20. The van der Waals surface area contributed by atoms with Crippen LogP contribution < -0.4 is 5.32 Å². The molecule has 1 fully saturated rings. The zero-order valence-electron chi connectivity index (χ0n) is 11.7. The van der Waals surface area contributed by atoms with Crippen molar-refractivity contribution in [2.75, 3.05) is 13.2 Å². The van der Waals surface area contributed by atoms with Gasteiger partial charge in [0, 0.05) is 12.0 Å². The van der Waals surface area contributed by atoms with Crippen LogP contribution >= 0.6 is 0 Å². The van der Waals surface area contributed by atoms with Gasteiger partial charge in [0.1, 0.15) is 0 Å². The van der Waals surface area contributed by atoms with E-state index in [4.69, 9.17) is 0 Å². The van der Waals surface area contributed by atoms with Crippen LogP contribution in [0.2, 0.25) is 0 Å². The van der Waals surface area contributed by atoms with E-state index in [9.17, 15) is 19.8 Å². The lowest BCUT2D eigenvalue weighted by Gasteiger charge is -2.29. The maximum absolute atomic E-state index is 12.2. The molecule has 0 aromatic heterocycles. The molecule has 5 heteroatoms. The molecular weight excluding hydrogens is 258 g/mol. The maximum atomic E-state index is 12.2. The first kappa shape index (κ1) is 15.0. The summed E-state index contributed by atoms with van der Waals surface area (Å²) in [6, 6.07) is 0. The van der Waals surface area contributed by atoms with Crippen LogP contribution in [0.25, 0.3) is 0 Å². The number of amides is 1. The van der Waals surface area contributed by atoms with Crippen LogP contribution in [0.1, 0.15) is 38.5 Å². The predicted octanol–water partition coefficient (Wildman–Crippen LogP) is 1.32. The third-order valence-electron chi connectivity index (χ3n) is 4.72. The summed E-state index contributed by atoms with van der Waals surface area (Å²) in [5, 5.41) is 21.6. The van der Waals surface area contributed by atoms with Gasteiger partial charge in [-0.05, 0) is 25.7 Å². The second-order valence-electron chi connectivity index (χ2n) is 6.08. The van der Waals surface area contributed by atoms with E-state index < -0.39 is 17.8 Å². The van der Waals surface area contributed by atoms with E-state index in [1.807, 2.05) is 12.2 Å². The van der Waals surface area contributed by atoms with Gasteiger partial charge in [-0.3, -0.25) is 9.59 Å². The average molecular weight is 281 g/mol. The lowest BCUT2D eigenvalue weighted by Crippen LogP contribution is -2.44. The van der Waals surface area contributed by atoms with Crippen molar-refractivity contribution in [2.24, 2.45) is 17.3 Å². The van der Waals surface area contributed by atoms with Gasteiger partial charge >= 0.3 is 5.97 Å². The van der Waals surface area contributed by atoms with Gasteiger partial charge in [-0.25, -0.2) is 0 Å². The van der Waals surface area contributed by atoms with Gasteiger partial charge in [-0.1, -0.05) is 25.0 Å². The summed E-state index contributed by atoms with van der Waals surface area (Å²) in [5.41, 5.74) is -0.196. The molecular formula is C15H23NO4. The molecule has 2 rings (SSSR count). The SMILES string of the molecule is O=C(O)C1CC=CCC1C(=O)NCC1(CO)CCCC1. The summed E-state index contributed by atoms with van der Waals surface area (Å²) in [5.74, 6) is -2.22. The van der Waals surface area contributed by atoms with Crippen LogP contribution in [0, 0.1) is 17.3 Å². The topological polar surface area (TPSA) is 86.6 Å². The van der Waals surface area contributed by atoms with Crippen molar-refractivity contribution < 1.29 is 19.8 Å². The summed E-state index contributed by atoms with van der Waals surface area (Å²) in [6.45, 7) is 0.537. The van der Waals surface area contributed by atoms with Crippen molar-refractivity contribution in [2.45, 2.75) is 38.5 Å². The number of aliphatic hydroxyl groups is 1. The molecule has 0 radical (unpaired) electrons. The van der Waals surface area contributed by atoms with Crippen molar-refractivity contribution in [1.82, 2.24) is 5.32 Å². The zero-order chi connectivity index (χ0) is 14.6. The standard InChI is InChI=1S/C15H23NO4/c17-10-15(7-3-4-8-15)9-16-13(18)11-5-1-2-6-12(11)14(19)20/h1-2,11-12,17H,3-10H2,(H,16,18)(H,19,20). The Hall–Kier alpha value is -1.36. The molecule has 1 saturated carbocycles. The highest BCUT2D eigenvalue weighted by molar-refractivity contribution is 5.85. The Bertz CT molecular complexity index is 399. The van der Waals surface area contributed by atoms with Crippen LogP contribution in [0.4, 0.5) is 0 Å². The van der Waals surface area contributed by atoms with Crippen molar-refractivity contribution in [3.8, 4) is 0 Å². The summed E-state index contributed by atoms with van der Waals surface area (Å²) in [6.07, 6.45) is 8.62. The molecule has 2 aliphatic carbocycles. The van der Waals surface area contributed by atoms with Gasteiger partial charge in [-0.2, -0.15) is 0 Å². The van der Waals surface area contributed by atoms with Gasteiger partial charge in [0.2, 0.25) is 5.91 Å². The Morgan fingerprint density at radius 1 is 1.15 bits per heavy atom. The number of aliphatic carboxylic acids is 1. The van der Waals surface area contributed by atoms with E-state index in [-0.39, 0.29) is 17.9 Å². The number of aliphatic hydroxyl groups excluding tert-OH is 1. The number of rotatable bonds is 5. The number of carboxylic acids is 1. The van der Waals surface area contributed by atoms with Crippen molar-refractivity contribution in [3.63, 3.8) is 0 Å². The van der Waals surface area contributed by atoms with Crippen molar-refractivity contribution in [3.05, 3.63) is 12.2 Å². The Morgan fingerprint density at radius 3 is 2.30 bits per heavy atom. The second-order valence-corrected chi connectivity index (χ2v) is 6.08. The summed E-state index contributed by atoms with van der Waals surface area (Å²) in [7, 11) is 0. The highest BCUT2D eigenvalue weighted by Crippen LogP contribution is 2.37. The Balaban J connectivity index is 1.93. The normalized spacial score (nSPS) is 28.2. The van der Waals surface area contributed by atoms with Crippen LogP contribution in [-0.2, 0) is 9.59 Å². The number of allylic oxidation sites excluding steroid dienone is 2. The molecule has 0 saturated heterocycles. The average Bonchev–Trinajstić information content (AvgIpc) is 2.94. The van der Waals surface area contributed by atoms with E-state index in [2.05, 4.69) is 5.32 Å². The van der Waals surface area contributed by atoms with Crippen LogP contribution in [0.5, 0.6) is 0 Å². The number of hydrogen-bond donors (Lipinski definition) is 3. The van der Waals surface area contributed by atoms with E-state index in [0.717, 1.165) is 25.7 Å². The van der Waals surface area contributed by atoms with Crippen molar-refractivity contribution in [1.29, 1.82) is 0 Å². The molecule has 0 spiro atoms. The van der Waals surface area contributed by atoms with Gasteiger partial charge in [-0.15, -0.1) is 0 Å². The van der Waals surface area contributed by atoms with Gasteiger partial charge in [0.25, 0.3) is 0 Å². The van der Waals surface area contributed by atoms with Crippen LogP contribution in [0.15, 0.2) is 12.2 Å². The first-order valence-corrected chi connectivity index (χ1v) is 7.34. The molecule has 3 N–H and O–H groups in total. The van der Waals surface area contributed by atoms with Crippen LogP contribution in [0.3, 0.4) is 0 Å². The third-order valence-corrected chi connectivity index (χ3v) is 4.72. The fourth-order valence-corrected chi connectivity index (χ4v) is 3.30. The Kier molecular flexibility index (Phi) is 4.81. The van der Waals surface area contributed by atoms with Gasteiger partial charge < -0.3 is 15.5 Å². The number of carboxylic acid groups (broad SMARTS) is 1. The number of carbonyl (C=O) groups is 2. The van der Waals surface area contributed by atoms with E-state index in [0.29, 0.717) is 19.4 Å². The molecule has 20 heavy (non-hydrogen) atoms. The Labute approximate surface area is 119 Å². The Morgan fingerprint density at radius 2 is 1.75 bits per heavy atom. The molecule has 0 aromatic rings. The van der Waals surface area contributed by atoms with Gasteiger partial charge in [0.05, 0.1) is 18.4 Å². The molecule has 1 amide bonds. The lowest BCUT2D eigenvalue weighted by atomic mass is 9.81. The smallest absolute Gasteiger partial charge is 0.307 e. The van der Waals surface area contributed by atoms with E-state index in [1.54, 1.807) is 0 Å². The maximum Gasteiger partial charge on any atom is 0.307 e. The second kappa shape index (κ2) is 6.39. The molecule has 0 heterocycles. The predicted molar refractivity (Wildman–Crippen MR) is 74.0 cm³/mol. The minimum absolute atomic E-state index is 0.0835. The largest absolute Gasteiger partial charge is 0.481 e. The number of nitrogens with one attached hydrogen (secondary N) is 1. The monoisotopic (exact) mass is 281 g/mol. The molecule has 0 aromatic carbocycles. The zero-order valence-corrected chi connectivity index (χ0v) is 11.7. The summed E-state index contributed by atoms with van der Waals surface area (Å²) in [4.78, 5) is 23.4. The molecule has 112 valence electrons. The van der Waals surface area contributed by atoms with Crippen LogP contribution in [-0.4, -0.2) is 35.2 Å². The van der Waals surface area contributed by atoms with Gasteiger partial charge in [0.15, 0.2) is 0 Å². The fraction of sp³-hybridized carbons (Fsp3) is 0.733. The lowest BCUT2D eigenvalue weighted by molar-refractivity contribution is -0.147. The number of hydrogen-bond acceptors (Lipinski definition) is 3. The molecule has 2 aliphatic rings. The molecule has 0 aliphatic heterocycles. The van der Waals surface area contributed by atoms with Crippen molar-refractivity contribution >= 4 is 11.9 Å². The van der Waals surface area contributed by atoms with E-state index in [1.165, 1.54) is 0 Å². The first-order chi connectivity index (χ1) is 9.58. The highest BCUT2D eigenvalue weighted by Gasteiger charge is 2.37. The minimum atomic E-state index is -0.910. The highest BCUT2D eigenvalue weighted by atomic mass is 16.4. The first-order valence-electron chi connectivity index (χ1n) is 7.34. The number of carbonyl (C=O) groups excluding carboxylic acids is 1. The summed E-state index contributed by atoms with van der Waals surface area (Å²) < 4.78 is 0. The summed E-state index contributed by atoms with van der Waals surface area (Å²) >= 11 is 0. The molecule has 0 bridgehead atoms. The molecule has 5 nitrogen and oxygen atoms in total. The minimum Gasteiger partial charge on any atom is -0.481 e. The molecule has 2 unspecified atom stereocenters. The van der Waals surface area contributed by atoms with E-state index >= 15 is 0 Å².